The number of hydrogen-bond acceptors (Lipinski definition) is 3. The van der Waals surface area contributed by atoms with Crippen molar-refractivity contribution < 1.29 is 0 Å². The third kappa shape index (κ3) is 3.39. The molecule has 6 heteroatoms. The zero-order chi connectivity index (χ0) is 12.1. The maximum atomic E-state index is 11.3. The van der Waals surface area contributed by atoms with Crippen LogP contribution >= 0.6 is 23.2 Å². The topological polar surface area (TPSA) is 57.8 Å². The summed E-state index contributed by atoms with van der Waals surface area (Å²) in [6.07, 6.45) is 2.12. The second-order valence-electron chi connectivity index (χ2n) is 3.87. The van der Waals surface area contributed by atoms with E-state index in [0.29, 0.717) is 17.6 Å². The van der Waals surface area contributed by atoms with Crippen molar-refractivity contribution in [3.8, 4) is 0 Å². The molecule has 1 aromatic heterocycles. The Morgan fingerprint density at radius 1 is 1.56 bits per heavy atom. The predicted molar refractivity (Wildman–Crippen MR) is 67.5 cm³/mol. The lowest BCUT2D eigenvalue weighted by molar-refractivity contribution is 0.511. The van der Waals surface area contributed by atoms with Crippen LogP contribution in [0.2, 0.25) is 5.02 Å². The van der Waals surface area contributed by atoms with Crippen molar-refractivity contribution in [2.24, 2.45) is 5.92 Å². The first-order chi connectivity index (χ1) is 7.56. The fraction of sp³-hybridized carbons (Fsp3) is 0.600. The quantitative estimate of drug-likeness (QED) is 0.803. The van der Waals surface area contributed by atoms with E-state index >= 15 is 0 Å². The van der Waals surface area contributed by atoms with Crippen LogP contribution in [-0.2, 0) is 0 Å². The third-order valence-corrected chi connectivity index (χ3v) is 2.91. The van der Waals surface area contributed by atoms with Gasteiger partial charge in [-0.25, -0.2) is 4.98 Å². The molecule has 1 heterocycles. The van der Waals surface area contributed by atoms with Crippen molar-refractivity contribution >= 4 is 29.0 Å². The second-order valence-corrected chi connectivity index (χ2v) is 4.62. The normalized spacial score (nSPS) is 12.8. The average molecular weight is 264 g/mol. The maximum Gasteiger partial charge on any atom is 0.271 e. The van der Waals surface area contributed by atoms with E-state index in [0.717, 1.165) is 6.42 Å². The largest absolute Gasteiger partial charge is 0.366 e. The van der Waals surface area contributed by atoms with Crippen molar-refractivity contribution in [2.45, 2.75) is 26.3 Å². The summed E-state index contributed by atoms with van der Waals surface area (Å²) < 4.78 is 0. The molecule has 0 aliphatic rings. The summed E-state index contributed by atoms with van der Waals surface area (Å²) in [4.78, 5) is 17.7. The van der Waals surface area contributed by atoms with E-state index in [4.69, 9.17) is 23.2 Å². The third-order valence-electron chi connectivity index (χ3n) is 2.34. The van der Waals surface area contributed by atoms with Gasteiger partial charge < -0.3 is 10.3 Å². The second kappa shape index (κ2) is 6.11. The van der Waals surface area contributed by atoms with Gasteiger partial charge in [0.1, 0.15) is 5.02 Å². The van der Waals surface area contributed by atoms with Gasteiger partial charge in [0.05, 0.1) is 6.33 Å². The maximum absolute atomic E-state index is 11.3. The number of halogens is 2. The van der Waals surface area contributed by atoms with E-state index in [1.807, 2.05) is 0 Å². The SMILES string of the molecule is CC(C)C(CCCl)Nc1nc[nH]c(=O)c1Cl. The minimum atomic E-state index is -0.340. The van der Waals surface area contributed by atoms with Gasteiger partial charge in [-0.2, -0.15) is 0 Å². The van der Waals surface area contributed by atoms with E-state index in [9.17, 15) is 4.79 Å². The van der Waals surface area contributed by atoms with Crippen molar-refractivity contribution in [3.05, 3.63) is 21.7 Å². The number of nitrogens with one attached hydrogen (secondary N) is 2. The van der Waals surface area contributed by atoms with Gasteiger partial charge in [-0.05, 0) is 12.3 Å². The van der Waals surface area contributed by atoms with Crippen LogP contribution in [0.4, 0.5) is 5.82 Å². The van der Waals surface area contributed by atoms with Gasteiger partial charge in [0.25, 0.3) is 5.56 Å². The number of alkyl halides is 1. The molecule has 0 fully saturated rings. The van der Waals surface area contributed by atoms with Crippen LogP contribution in [0.25, 0.3) is 0 Å². The molecule has 1 atom stereocenters. The highest BCUT2D eigenvalue weighted by molar-refractivity contribution is 6.32. The molecule has 0 aliphatic carbocycles. The molecule has 0 aliphatic heterocycles. The summed E-state index contributed by atoms with van der Waals surface area (Å²) in [5.41, 5.74) is -0.340. The summed E-state index contributed by atoms with van der Waals surface area (Å²) in [5, 5.41) is 3.23. The molecular weight excluding hydrogens is 249 g/mol. The molecule has 0 radical (unpaired) electrons. The number of anilines is 1. The Kier molecular flexibility index (Phi) is 5.09. The molecule has 1 unspecified atom stereocenters. The van der Waals surface area contributed by atoms with Crippen molar-refractivity contribution in [2.75, 3.05) is 11.2 Å². The number of H-pyrrole nitrogens is 1. The first-order valence-corrected chi connectivity index (χ1v) is 6.03. The highest BCUT2D eigenvalue weighted by Gasteiger charge is 2.15. The van der Waals surface area contributed by atoms with Gasteiger partial charge in [-0.3, -0.25) is 4.79 Å². The van der Waals surface area contributed by atoms with Crippen LogP contribution < -0.4 is 10.9 Å². The van der Waals surface area contributed by atoms with Crippen LogP contribution in [-0.4, -0.2) is 21.9 Å². The molecule has 0 spiro atoms. The minimum absolute atomic E-state index is 0.0859. The van der Waals surface area contributed by atoms with Gasteiger partial charge >= 0.3 is 0 Å². The zero-order valence-electron chi connectivity index (χ0n) is 9.26. The standard InChI is InChI=1S/C10H15Cl2N3O/c1-6(2)7(3-4-11)15-9-8(12)10(16)14-5-13-9/h5-7H,3-4H2,1-2H3,(H2,13,14,15,16). The summed E-state index contributed by atoms with van der Waals surface area (Å²) >= 11 is 11.6. The molecular formula is C10H15Cl2N3O. The monoisotopic (exact) mass is 263 g/mol. The molecule has 4 nitrogen and oxygen atoms in total. The fourth-order valence-electron chi connectivity index (χ4n) is 1.35. The van der Waals surface area contributed by atoms with Crippen LogP contribution in [0, 0.1) is 5.92 Å². The highest BCUT2D eigenvalue weighted by atomic mass is 35.5. The number of rotatable bonds is 5. The van der Waals surface area contributed by atoms with Crippen LogP contribution in [0.5, 0.6) is 0 Å². The van der Waals surface area contributed by atoms with E-state index in [1.165, 1.54) is 6.33 Å². The van der Waals surface area contributed by atoms with E-state index in [1.54, 1.807) is 0 Å². The number of aromatic amines is 1. The molecule has 0 aromatic carbocycles. The van der Waals surface area contributed by atoms with E-state index in [2.05, 4.69) is 29.1 Å². The summed E-state index contributed by atoms with van der Waals surface area (Å²) in [6.45, 7) is 4.15. The van der Waals surface area contributed by atoms with Gasteiger partial charge in [0, 0.05) is 11.9 Å². The molecule has 0 saturated carbocycles. The summed E-state index contributed by atoms with van der Waals surface area (Å²) in [6, 6.07) is 0.157. The lowest BCUT2D eigenvalue weighted by atomic mass is 10.0. The number of hydrogen-bond donors (Lipinski definition) is 2. The Morgan fingerprint density at radius 2 is 2.25 bits per heavy atom. The van der Waals surface area contributed by atoms with Crippen molar-refractivity contribution in [1.82, 2.24) is 9.97 Å². The Hall–Kier alpha value is -0.740. The number of nitrogens with zero attached hydrogens (tertiary/aromatic N) is 1. The molecule has 1 aromatic rings. The Bertz CT molecular complexity index is 392. The lowest BCUT2D eigenvalue weighted by Gasteiger charge is -2.22. The van der Waals surface area contributed by atoms with Gasteiger partial charge in [-0.1, -0.05) is 25.4 Å². The first kappa shape index (κ1) is 13.3. The van der Waals surface area contributed by atoms with Crippen molar-refractivity contribution in [3.63, 3.8) is 0 Å². The zero-order valence-corrected chi connectivity index (χ0v) is 10.8. The van der Waals surface area contributed by atoms with Gasteiger partial charge in [0.15, 0.2) is 5.82 Å². The smallest absolute Gasteiger partial charge is 0.271 e. The molecule has 90 valence electrons. The van der Waals surface area contributed by atoms with E-state index < -0.39 is 0 Å². The molecule has 0 saturated heterocycles. The highest BCUT2D eigenvalue weighted by Crippen LogP contribution is 2.18. The fourth-order valence-corrected chi connectivity index (χ4v) is 1.74. The molecule has 1 rings (SSSR count). The van der Waals surface area contributed by atoms with Crippen LogP contribution in [0.3, 0.4) is 0 Å². The lowest BCUT2D eigenvalue weighted by Crippen LogP contribution is -2.27. The first-order valence-electron chi connectivity index (χ1n) is 5.12. The minimum Gasteiger partial charge on any atom is -0.366 e. The van der Waals surface area contributed by atoms with E-state index in [-0.39, 0.29) is 16.6 Å². The van der Waals surface area contributed by atoms with Gasteiger partial charge in [-0.15, -0.1) is 11.6 Å². The summed E-state index contributed by atoms with van der Waals surface area (Å²) in [7, 11) is 0. The molecule has 0 bridgehead atoms. The Morgan fingerprint density at radius 3 is 2.81 bits per heavy atom. The molecule has 0 amide bonds. The summed E-state index contributed by atoms with van der Waals surface area (Å²) in [5.74, 6) is 1.35. The van der Waals surface area contributed by atoms with Crippen LogP contribution in [0.15, 0.2) is 11.1 Å². The molecule has 16 heavy (non-hydrogen) atoms. The molecule has 2 N–H and O–H groups in total. The number of aromatic nitrogens is 2. The van der Waals surface area contributed by atoms with Gasteiger partial charge in [0.2, 0.25) is 0 Å². The predicted octanol–water partition coefficient (Wildman–Crippen LogP) is 2.49. The van der Waals surface area contributed by atoms with Crippen molar-refractivity contribution in [1.29, 1.82) is 0 Å². The average Bonchev–Trinajstić information content (AvgIpc) is 2.23. The van der Waals surface area contributed by atoms with Crippen LogP contribution in [0.1, 0.15) is 20.3 Å². The Labute approximate surface area is 104 Å². The Balaban J connectivity index is 2.85.